The third-order valence-corrected chi connectivity index (χ3v) is 2.57. The minimum Gasteiger partial charge on any atom is -0.370 e. The van der Waals surface area contributed by atoms with Crippen molar-refractivity contribution >= 4 is 5.96 Å². The quantitative estimate of drug-likeness (QED) is 0.647. The Balaban J connectivity index is 1.99. The highest BCUT2D eigenvalue weighted by molar-refractivity contribution is 5.78. The fourth-order valence-corrected chi connectivity index (χ4v) is 1.69. The molecule has 5 heteroatoms. The first-order valence-electron chi connectivity index (χ1n) is 6.30. The number of nitrogens with one attached hydrogen (secondary N) is 1. The highest BCUT2D eigenvalue weighted by atomic mass is 15.3. The second-order valence-corrected chi connectivity index (χ2v) is 4.62. The van der Waals surface area contributed by atoms with Crippen LogP contribution in [0.25, 0.3) is 5.69 Å². The van der Waals surface area contributed by atoms with E-state index in [1.54, 1.807) is 6.20 Å². The number of hydrogen-bond acceptors (Lipinski definition) is 2. The van der Waals surface area contributed by atoms with Crippen molar-refractivity contribution in [3.8, 4) is 5.69 Å². The summed E-state index contributed by atoms with van der Waals surface area (Å²) in [4.78, 5) is 4.29. The van der Waals surface area contributed by atoms with Crippen LogP contribution in [0.1, 0.15) is 19.4 Å². The molecule has 0 aliphatic rings. The topological polar surface area (TPSA) is 68.2 Å². The summed E-state index contributed by atoms with van der Waals surface area (Å²) < 4.78 is 1.82. The second kappa shape index (κ2) is 6.04. The predicted octanol–water partition coefficient (Wildman–Crippen LogP) is 1.68. The molecular weight excluding hydrogens is 238 g/mol. The Kier molecular flexibility index (Phi) is 4.18. The Bertz CT molecular complexity index is 525. The molecule has 0 saturated heterocycles. The average molecular weight is 257 g/mol. The van der Waals surface area contributed by atoms with Crippen LogP contribution in [0, 0.1) is 0 Å². The number of rotatable bonds is 4. The van der Waals surface area contributed by atoms with Crippen molar-refractivity contribution in [2.45, 2.75) is 26.4 Å². The molecule has 0 aliphatic carbocycles. The number of nitrogens with zero attached hydrogens (tertiary/aromatic N) is 3. The molecule has 2 rings (SSSR count). The molecule has 1 heterocycles. The molecule has 0 amide bonds. The van der Waals surface area contributed by atoms with E-state index in [4.69, 9.17) is 5.73 Å². The SMILES string of the molecule is CC(C)NC(N)=NCc1ccc(-n2cccn2)cc1. The zero-order valence-corrected chi connectivity index (χ0v) is 11.2. The van der Waals surface area contributed by atoms with E-state index in [1.165, 1.54) is 0 Å². The van der Waals surface area contributed by atoms with Crippen molar-refractivity contribution in [1.29, 1.82) is 0 Å². The largest absolute Gasteiger partial charge is 0.370 e. The zero-order valence-electron chi connectivity index (χ0n) is 11.2. The standard InChI is InChI=1S/C14H19N5/c1-11(2)18-14(15)16-10-12-4-6-13(7-5-12)19-9-3-8-17-19/h3-9,11H,10H2,1-2H3,(H3,15,16,18). The van der Waals surface area contributed by atoms with Crippen molar-refractivity contribution in [3.05, 3.63) is 48.3 Å². The summed E-state index contributed by atoms with van der Waals surface area (Å²) >= 11 is 0. The van der Waals surface area contributed by atoms with Gasteiger partial charge in [0.15, 0.2) is 5.96 Å². The van der Waals surface area contributed by atoms with E-state index in [1.807, 2.05) is 55.1 Å². The smallest absolute Gasteiger partial charge is 0.189 e. The Morgan fingerprint density at radius 2 is 2.11 bits per heavy atom. The highest BCUT2D eigenvalue weighted by Gasteiger charge is 1.98. The molecule has 2 aromatic rings. The van der Waals surface area contributed by atoms with Crippen LogP contribution in [0.15, 0.2) is 47.7 Å². The van der Waals surface area contributed by atoms with Gasteiger partial charge < -0.3 is 11.1 Å². The molecule has 0 bridgehead atoms. The monoisotopic (exact) mass is 257 g/mol. The van der Waals surface area contributed by atoms with E-state index in [9.17, 15) is 0 Å². The van der Waals surface area contributed by atoms with Gasteiger partial charge in [0.1, 0.15) is 0 Å². The van der Waals surface area contributed by atoms with Crippen molar-refractivity contribution in [2.24, 2.45) is 10.7 Å². The second-order valence-electron chi connectivity index (χ2n) is 4.62. The molecule has 0 fully saturated rings. The van der Waals surface area contributed by atoms with Gasteiger partial charge in [-0.1, -0.05) is 12.1 Å². The number of guanidine groups is 1. The van der Waals surface area contributed by atoms with Gasteiger partial charge in [0.25, 0.3) is 0 Å². The van der Waals surface area contributed by atoms with Crippen LogP contribution in [-0.4, -0.2) is 21.8 Å². The lowest BCUT2D eigenvalue weighted by molar-refractivity contribution is 0.723. The number of aliphatic imine (C=N–C) groups is 1. The molecule has 0 radical (unpaired) electrons. The van der Waals surface area contributed by atoms with Crippen molar-refractivity contribution in [1.82, 2.24) is 15.1 Å². The summed E-state index contributed by atoms with van der Waals surface area (Å²) in [7, 11) is 0. The van der Waals surface area contributed by atoms with Gasteiger partial charge in [-0.15, -0.1) is 0 Å². The van der Waals surface area contributed by atoms with Gasteiger partial charge in [0.2, 0.25) is 0 Å². The number of nitrogens with two attached hydrogens (primary N) is 1. The highest BCUT2D eigenvalue weighted by Crippen LogP contribution is 2.09. The zero-order chi connectivity index (χ0) is 13.7. The lowest BCUT2D eigenvalue weighted by Crippen LogP contribution is -2.36. The fourth-order valence-electron chi connectivity index (χ4n) is 1.69. The Morgan fingerprint density at radius 3 is 2.68 bits per heavy atom. The minimum atomic E-state index is 0.297. The van der Waals surface area contributed by atoms with Crippen LogP contribution in [0.2, 0.25) is 0 Å². The van der Waals surface area contributed by atoms with Gasteiger partial charge in [-0.2, -0.15) is 5.10 Å². The first-order chi connectivity index (χ1) is 9.15. The van der Waals surface area contributed by atoms with Crippen LogP contribution in [0.4, 0.5) is 0 Å². The first kappa shape index (κ1) is 13.1. The summed E-state index contributed by atoms with van der Waals surface area (Å²) in [6.07, 6.45) is 3.67. The van der Waals surface area contributed by atoms with E-state index in [0.717, 1.165) is 11.3 Å². The molecule has 0 atom stereocenters. The number of benzene rings is 1. The summed E-state index contributed by atoms with van der Waals surface area (Å²) in [6.45, 7) is 4.63. The molecule has 19 heavy (non-hydrogen) atoms. The van der Waals surface area contributed by atoms with Crippen molar-refractivity contribution in [3.63, 3.8) is 0 Å². The van der Waals surface area contributed by atoms with E-state index in [2.05, 4.69) is 15.4 Å². The Morgan fingerprint density at radius 1 is 1.37 bits per heavy atom. The number of aromatic nitrogens is 2. The van der Waals surface area contributed by atoms with Crippen LogP contribution < -0.4 is 11.1 Å². The van der Waals surface area contributed by atoms with E-state index < -0.39 is 0 Å². The van der Waals surface area contributed by atoms with Gasteiger partial charge in [-0.3, -0.25) is 0 Å². The Hall–Kier alpha value is -2.30. The normalized spacial score (nSPS) is 11.8. The van der Waals surface area contributed by atoms with Gasteiger partial charge in [0.05, 0.1) is 12.2 Å². The van der Waals surface area contributed by atoms with Gasteiger partial charge in [-0.25, -0.2) is 9.67 Å². The summed E-state index contributed by atoms with van der Waals surface area (Å²) in [6, 6.07) is 10.3. The van der Waals surface area contributed by atoms with Gasteiger partial charge in [-0.05, 0) is 37.6 Å². The van der Waals surface area contributed by atoms with E-state index in [-0.39, 0.29) is 0 Å². The van der Waals surface area contributed by atoms with Crippen LogP contribution in [-0.2, 0) is 6.54 Å². The molecule has 1 aromatic carbocycles. The van der Waals surface area contributed by atoms with Gasteiger partial charge in [0, 0.05) is 18.4 Å². The summed E-state index contributed by atoms with van der Waals surface area (Å²) in [5.41, 5.74) is 7.90. The maximum absolute atomic E-state index is 5.75. The molecule has 5 nitrogen and oxygen atoms in total. The van der Waals surface area contributed by atoms with Crippen LogP contribution in [0.5, 0.6) is 0 Å². The van der Waals surface area contributed by atoms with E-state index in [0.29, 0.717) is 18.5 Å². The predicted molar refractivity (Wildman–Crippen MR) is 77.2 cm³/mol. The maximum Gasteiger partial charge on any atom is 0.189 e. The van der Waals surface area contributed by atoms with Crippen molar-refractivity contribution < 1.29 is 0 Å². The first-order valence-corrected chi connectivity index (χ1v) is 6.30. The molecule has 0 saturated carbocycles. The molecule has 0 spiro atoms. The minimum absolute atomic E-state index is 0.297. The molecule has 0 unspecified atom stereocenters. The van der Waals surface area contributed by atoms with E-state index >= 15 is 0 Å². The lowest BCUT2D eigenvalue weighted by atomic mass is 10.2. The molecular formula is C14H19N5. The van der Waals surface area contributed by atoms with Gasteiger partial charge >= 0.3 is 0 Å². The van der Waals surface area contributed by atoms with Crippen LogP contribution >= 0.6 is 0 Å². The summed E-state index contributed by atoms with van der Waals surface area (Å²) in [5, 5.41) is 7.24. The molecule has 100 valence electrons. The maximum atomic E-state index is 5.75. The summed E-state index contributed by atoms with van der Waals surface area (Å²) in [5.74, 6) is 0.478. The van der Waals surface area contributed by atoms with Crippen LogP contribution in [0.3, 0.4) is 0 Å². The molecule has 0 aliphatic heterocycles. The number of hydrogen-bond donors (Lipinski definition) is 2. The third-order valence-electron chi connectivity index (χ3n) is 2.57. The molecule has 1 aromatic heterocycles. The molecule has 3 N–H and O–H groups in total. The average Bonchev–Trinajstić information content (AvgIpc) is 2.90. The fraction of sp³-hybridized carbons (Fsp3) is 0.286. The Labute approximate surface area is 113 Å². The van der Waals surface area contributed by atoms with Crippen molar-refractivity contribution in [2.75, 3.05) is 0 Å². The lowest BCUT2D eigenvalue weighted by Gasteiger charge is -2.08. The third kappa shape index (κ3) is 3.84.